The minimum Gasteiger partial charge on any atom is -0.367 e. The molecule has 0 aliphatic carbocycles. The number of hydrogen-bond donors (Lipinski definition) is 0. The highest BCUT2D eigenvalue weighted by Crippen LogP contribution is 2.49. The molecule has 4 nitrogen and oxygen atoms in total. The van der Waals surface area contributed by atoms with Gasteiger partial charge in [0.15, 0.2) is 0 Å². The van der Waals surface area contributed by atoms with E-state index in [1.54, 1.807) is 0 Å². The molecule has 0 saturated carbocycles. The van der Waals surface area contributed by atoms with Crippen molar-refractivity contribution in [2.45, 2.75) is 37.6 Å². The quantitative estimate of drug-likeness (QED) is 0.645. The van der Waals surface area contributed by atoms with Crippen molar-refractivity contribution in [3.05, 3.63) is 78.4 Å². The number of rotatable bonds is 4. The lowest BCUT2D eigenvalue weighted by Crippen LogP contribution is -2.47. The molecule has 4 heteroatoms. The van der Waals surface area contributed by atoms with Crippen molar-refractivity contribution >= 4 is 5.69 Å². The largest absolute Gasteiger partial charge is 0.367 e. The minimum absolute atomic E-state index is 0.137. The fraction of sp³-hybridized carbons (Fsp3) is 0.385. The van der Waals surface area contributed by atoms with E-state index < -0.39 is 0 Å². The van der Waals surface area contributed by atoms with Crippen LogP contribution in [0.5, 0.6) is 0 Å². The highest BCUT2D eigenvalue weighted by atomic mass is 15.2. The predicted octanol–water partition coefficient (Wildman–Crippen LogP) is 4.56. The Morgan fingerprint density at radius 3 is 2.70 bits per heavy atom. The molecule has 30 heavy (non-hydrogen) atoms. The van der Waals surface area contributed by atoms with Crippen LogP contribution in [0.15, 0.2) is 67.3 Å². The highest BCUT2D eigenvalue weighted by Gasteiger charge is 2.48. The lowest BCUT2D eigenvalue weighted by Gasteiger charge is -2.37. The SMILES string of the molecule is CN1CCCC2N(CCc3cccnc3)c3ccc(-c4ccncc4)cc3C2(C)C1. The first-order chi connectivity index (χ1) is 14.6. The van der Waals surface area contributed by atoms with E-state index in [9.17, 15) is 0 Å². The molecule has 3 aromatic rings. The van der Waals surface area contributed by atoms with Crippen molar-refractivity contribution in [1.82, 2.24) is 14.9 Å². The number of pyridine rings is 2. The van der Waals surface area contributed by atoms with E-state index in [-0.39, 0.29) is 5.41 Å². The second kappa shape index (κ2) is 7.84. The van der Waals surface area contributed by atoms with E-state index in [1.165, 1.54) is 47.3 Å². The fourth-order valence-corrected chi connectivity index (χ4v) is 5.59. The third kappa shape index (κ3) is 3.39. The molecule has 1 aromatic carbocycles. The fourth-order valence-electron chi connectivity index (χ4n) is 5.59. The van der Waals surface area contributed by atoms with Crippen molar-refractivity contribution in [3.63, 3.8) is 0 Å². The summed E-state index contributed by atoms with van der Waals surface area (Å²) in [6, 6.07) is 16.1. The molecule has 2 aliphatic heterocycles. The Bertz CT molecular complexity index is 1000. The summed E-state index contributed by atoms with van der Waals surface area (Å²) in [6.45, 7) is 5.81. The van der Waals surface area contributed by atoms with Crippen LogP contribution in [-0.4, -0.2) is 47.6 Å². The molecule has 0 N–H and O–H groups in total. The van der Waals surface area contributed by atoms with Gasteiger partial charge in [0.1, 0.15) is 0 Å². The molecular formula is C26H30N4. The normalized spacial score (nSPS) is 23.7. The lowest BCUT2D eigenvalue weighted by atomic mass is 9.76. The van der Waals surface area contributed by atoms with Crippen LogP contribution < -0.4 is 4.90 Å². The van der Waals surface area contributed by atoms with Crippen LogP contribution in [0.1, 0.15) is 30.9 Å². The van der Waals surface area contributed by atoms with Gasteiger partial charge in [-0.15, -0.1) is 0 Å². The Labute approximate surface area is 179 Å². The number of likely N-dealkylation sites (tertiary alicyclic amines) is 1. The number of likely N-dealkylation sites (N-methyl/N-ethyl adjacent to an activating group) is 1. The van der Waals surface area contributed by atoms with Gasteiger partial charge in [-0.2, -0.15) is 0 Å². The van der Waals surface area contributed by atoms with Gasteiger partial charge in [-0.05, 0) is 85.4 Å². The third-order valence-corrected chi connectivity index (χ3v) is 7.03. The molecule has 154 valence electrons. The first kappa shape index (κ1) is 19.3. The second-order valence-corrected chi connectivity index (χ2v) is 9.09. The third-order valence-electron chi connectivity index (χ3n) is 7.03. The summed E-state index contributed by atoms with van der Waals surface area (Å²) < 4.78 is 0. The topological polar surface area (TPSA) is 32.3 Å². The average Bonchev–Trinajstić information content (AvgIpc) is 2.89. The van der Waals surface area contributed by atoms with Gasteiger partial charge in [-0.25, -0.2) is 0 Å². The summed E-state index contributed by atoms with van der Waals surface area (Å²) in [6.07, 6.45) is 11.1. The van der Waals surface area contributed by atoms with Crippen LogP contribution >= 0.6 is 0 Å². The maximum Gasteiger partial charge on any atom is 0.0409 e. The Kier molecular flexibility index (Phi) is 5.03. The predicted molar refractivity (Wildman–Crippen MR) is 123 cm³/mol. The van der Waals surface area contributed by atoms with Gasteiger partial charge < -0.3 is 9.80 Å². The van der Waals surface area contributed by atoms with Crippen LogP contribution in [0.4, 0.5) is 5.69 Å². The molecule has 5 rings (SSSR count). The summed E-state index contributed by atoms with van der Waals surface area (Å²) in [5.74, 6) is 0. The van der Waals surface area contributed by atoms with Crippen LogP contribution in [0.3, 0.4) is 0 Å². The van der Waals surface area contributed by atoms with E-state index in [2.05, 4.69) is 70.1 Å². The molecule has 2 aliphatic rings. The highest BCUT2D eigenvalue weighted by molar-refractivity contribution is 5.73. The summed E-state index contributed by atoms with van der Waals surface area (Å²) in [5.41, 5.74) is 6.90. The number of anilines is 1. The number of benzene rings is 1. The smallest absolute Gasteiger partial charge is 0.0409 e. The van der Waals surface area contributed by atoms with Crippen LogP contribution in [-0.2, 0) is 11.8 Å². The minimum atomic E-state index is 0.137. The van der Waals surface area contributed by atoms with Crippen molar-refractivity contribution < 1.29 is 0 Å². The van der Waals surface area contributed by atoms with E-state index in [0.717, 1.165) is 19.5 Å². The van der Waals surface area contributed by atoms with E-state index in [1.807, 2.05) is 30.9 Å². The Balaban J connectivity index is 1.54. The zero-order chi connectivity index (χ0) is 20.6. The molecule has 2 aromatic heterocycles. The zero-order valence-corrected chi connectivity index (χ0v) is 18.0. The first-order valence-corrected chi connectivity index (χ1v) is 11.0. The number of fused-ring (bicyclic) bond motifs is 3. The van der Waals surface area contributed by atoms with Gasteiger partial charge in [0, 0.05) is 55.0 Å². The standard InChI is InChI=1S/C26H30N4/c1-26-19-29(2)15-4-6-25(26)30(16-11-20-5-3-12-28-18-20)24-8-7-22(17-23(24)26)21-9-13-27-14-10-21/h3,5,7-10,12-14,17-18,25H,4,6,11,15-16,19H2,1-2H3. The van der Waals surface area contributed by atoms with Gasteiger partial charge in [0.25, 0.3) is 0 Å². The molecule has 1 fully saturated rings. The number of aromatic nitrogens is 2. The van der Waals surface area contributed by atoms with Crippen molar-refractivity contribution in [2.75, 3.05) is 31.6 Å². The summed E-state index contributed by atoms with van der Waals surface area (Å²) in [4.78, 5) is 13.7. The first-order valence-electron chi connectivity index (χ1n) is 11.0. The van der Waals surface area contributed by atoms with E-state index >= 15 is 0 Å². The van der Waals surface area contributed by atoms with E-state index in [0.29, 0.717) is 6.04 Å². The maximum atomic E-state index is 4.31. The van der Waals surface area contributed by atoms with Crippen molar-refractivity contribution in [3.8, 4) is 11.1 Å². The molecular weight excluding hydrogens is 368 g/mol. The number of hydrogen-bond acceptors (Lipinski definition) is 4. The molecule has 0 amide bonds. The molecule has 2 atom stereocenters. The van der Waals surface area contributed by atoms with Crippen molar-refractivity contribution in [2.24, 2.45) is 0 Å². The second-order valence-electron chi connectivity index (χ2n) is 9.09. The van der Waals surface area contributed by atoms with Gasteiger partial charge in [-0.1, -0.05) is 19.1 Å². The number of nitrogens with zero attached hydrogens (tertiary/aromatic N) is 4. The monoisotopic (exact) mass is 398 g/mol. The van der Waals surface area contributed by atoms with Crippen LogP contribution in [0.2, 0.25) is 0 Å². The molecule has 2 unspecified atom stereocenters. The summed E-state index contributed by atoms with van der Waals surface area (Å²) in [7, 11) is 2.28. The Morgan fingerprint density at radius 1 is 1.03 bits per heavy atom. The molecule has 0 radical (unpaired) electrons. The molecule has 1 saturated heterocycles. The summed E-state index contributed by atoms with van der Waals surface area (Å²) in [5, 5.41) is 0. The van der Waals surface area contributed by atoms with Crippen LogP contribution in [0, 0.1) is 0 Å². The Morgan fingerprint density at radius 2 is 1.90 bits per heavy atom. The Hall–Kier alpha value is -2.72. The molecule has 0 bridgehead atoms. The van der Waals surface area contributed by atoms with Gasteiger partial charge in [-0.3, -0.25) is 9.97 Å². The lowest BCUT2D eigenvalue weighted by molar-refractivity contribution is 0.268. The van der Waals surface area contributed by atoms with Gasteiger partial charge in [0.2, 0.25) is 0 Å². The van der Waals surface area contributed by atoms with Gasteiger partial charge in [0.05, 0.1) is 0 Å². The summed E-state index contributed by atoms with van der Waals surface area (Å²) >= 11 is 0. The van der Waals surface area contributed by atoms with Crippen molar-refractivity contribution in [1.29, 1.82) is 0 Å². The van der Waals surface area contributed by atoms with Gasteiger partial charge >= 0.3 is 0 Å². The van der Waals surface area contributed by atoms with E-state index in [4.69, 9.17) is 0 Å². The maximum absolute atomic E-state index is 4.31. The average molecular weight is 399 g/mol. The zero-order valence-electron chi connectivity index (χ0n) is 18.0. The van der Waals surface area contributed by atoms with Crippen LogP contribution in [0.25, 0.3) is 11.1 Å². The molecule has 4 heterocycles. The molecule has 0 spiro atoms.